The van der Waals surface area contributed by atoms with Crippen molar-refractivity contribution in [3.63, 3.8) is 0 Å². The van der Waals surface area contributed by atoms with Gasteiger partial charge in [-0.05, 0) is 43.1 Å². The Morgan fingerprint density at radius 1 is 1.46 bits per heavy atom. The van der Waals surface area contributed by atoms with Crippen LogP contribution in [0.25, 0.3) is 0 Å². The highest BCUT2D eigenvalue weighted by Gasteiger charge is 2.04. The molecule has 3 heteroatoms. The second-order valence-corrected chi connectivity index (χ2v) is 3.36. The van der Waals surface area contributed by atoms with Gasteiger partial charge < -0.3 is 10.5 Å². The summed E-state index contributed by atoms with van der Waals surface area (Å²) < 4.78 is 5.10. The highest BCUT2D eigenvalue weighted by molar-refractivity contribution is 6.32. The van der Waals surface area contributed by atoms with Gasteiger partial charge in [-0.15, -0.1) is 0 Å². The maximum absolute atomic E-state index is 5.97. The summed E-state index contributed by atoms with van der Waals surface area (Å²) in [6.07, 6.45) is 0.857. The van der Waals surface area contributed by atoms with E-state index >= 15 is 0 Å². The van der Waals surface area contributed by atoms with Gasteiger partial charge in [0.25, 0.3) is 0 Å². The van der Waals surface area contributed by atoms with Gasteiger partial charge in [0, 0.05) is 0 Å². The van der Waals surface area contributed by atoms with Crippen LogP contribution < -0.4 is 10.5 Å². The van der Waals surface area contributed by atoms with Crippen molar-refractivity contribution in [2.45, 2.75) is 13.3 Å². The maximum Gasteiger partial charge on any atom is 0.137 e. The first-order valence-corrected chi connectivity index (χ1v) is 4.60. The lowest BCUT2D eigenvalue weighted by Crippen LogP contribution is -2.04. The lowest BCUT2D eigenvalue weighted by molar-refractivity contribution is 0.414. The third-order valence-electron chi connectivity index (χ3n) is 2.02. The number of nitrogens with two attached hydrogens (primary N) is 1. The first kappa shape index (κ1) is 10.4. The number of aryl methyl sites for hydroxylation is 1. The molecule has 0 aliphatic heterocycles. The first-order chi connectivity index (χ1) is 6.19. The average molecular weight is 200 g/mol. The summed E-state index contributed by atoms with van der Waals surface area (Å²) in [5, 5.41) is 0.650. The fourth-order valence-corrected chi connectivity index (χ4v) is 1.54. The zero-order chi connectivity index (χ0) is 9.84. The van der Waals surface area contributed by atoms with Gasteiger partial charge in [0.05, 0.1) is 12.1 Å². The molecule has 13 heavy (non-hydrogen) atoms. The van der Waals surface area contributed by atoms with Gasteiger partial charge in [-0.3, -0.25) is 0 Å². The molecule has 0 spiro atoms. The van der Waals surface area contributed by atoms with Crippen LogP contribution in [0.2, 0.25) is 5.02 Å². The monoisotopic (exact) mass is 199 g/mol. The standard InChI is InChI=1S/C10H14ClNO/c1-7-5-10(13-2)9(11)6-8(7)3-4-12/h5-6H,3-4,12H2,1-2H3. The molecule has 72 valence electrons. The highest BCUT2D eigenvalue weighted by Crippen LogP contribution is 2.27. The average Bonchev–Trinajstić information content (AvgIpc) is 2.11. The van der Waals surface area contributed by atoms with E-state index in [9.17, 15) is 0 Å². The smallest absolute Gasteiger partial charge is 0.137 e. The molecule has 0 aliphatic carbocycles. The molecule has 2 N–H and O–H groups in total. The molecule has 0 fully saturated rings. The number of ether oxygens (including phenoxy) is 1. The molecule has 0 aliphatic rings. The number of rotatable bonds is 3. The second kappa shape index (κ2) is 4.49. The third-order valence-corrected chi connectivity index (χ3v) is 2.32. The zero-order valence-electron chi connectivity index (χ0n) is 7.93. The van der Waals surface area contributed by atoms with E-state index in [1.807, 2.05) is 19.1 Å². The van der Waals surface area contributed by atoms with Crippen LogP contribution in [0.5, 0.6) is 5.75 Å². The lowest BCUT2D eigenvalue weighted by Gasteiger charge is -2.08. The van der Waals surface area contributed by atoms with Crippen LogP contribution in [-0.2, 0) is 6.42 Å². The molecule has 0 aromatic heterocycles. The predicted octanol–water partition coefficient (Wildman–Crippen LogP) is 2.16. The minimum absolute atomic E-state index is 0.642. The first-order valence-electron chi connectivity index (χ1n) is 4.22. The number of benzene rings is 1. The largest absolute Gasteiger partial charge is 0.495 e. The summed E-state index contributed by atoms with van der Waals surface area (Å²) in [4.78, 5) is 0. The van der Waals surface area contributed by atoms with E-state index in [1.54, 1.807) is 7.11 Å². The van der Waals surface area contributed by atoms with Gasteiger partial charge in [0.15, 0.2) is 0 Å². The summed E-state index contributed by atoms with van der Waals surface area (Å²) in [6, 6.07) is 3.86. The van der Waals surface area contributed by atoms with Crippen LogP contribution in [-0.4, -0.2) is 13.7 Å². The highest BCUT2D eigenvalue weighted by atomic mass is 35.5. The summed E-state index contributed by atoms with van der Waals surface area (Å²) in [7, 11) is 1.61. The van der Waals surface area contributed by atoms with Crippen molar-refractivity contribution in [3.8, 4) is 5.75 Å². The van der Waals surface area contributed by atoms with E-state index in [1.165, 1.54) is 11.1 Å². The Labute approximate surface area is 83.6 Å². The molecule has 0 atom stereocenters. The number of methoxy groups -OCH3 is 1. The summed E-state index contributed by atoms with van der Waals surface area (Å²) in [5.41, 5.74) is 7.84. The van der Waals surface area contributed by atoms with Gasteiger partial charge in [0.2, 0.25) is 0 Å². The third kappa shape index (κ3) is 2.36. The number of hydrogen-bond donors (Lipinski definition) is 1. The Balaban J connectivity index is 3.05. The van der Waals surface area contributed by atoms with Crippen molar-refractivity contribution in [1.82, 2.24) is 0 Å². The molecule has 0 unspecified atom stereocenters. The van der Waals surface area contributed by atoms with Crippen molar-refractivity contribution >= 4 is 11.6 Å². The molecule has 0 bridgehead atoms. The van der Waals surface area contributed by atoms with E-state index < -0.39 is 0 Å². The predicted molar refractivity (Wildman–Crippen MR) is 55.5 cm³/mol. The Morgan fingerprint density at radius 2 is 2.15 bits per heavy atom. The minimum atomic E-state index is 0.642. The quantitative estimate of drug-likeness (QED) is 0.810. The van der Waals surface area contributed by atoms with Gasteiger partial charge >= 0.3 is 0 Å². The molecule has 0 heterocycles. The van der Waals surface area contributed by atoms with Crippen LogP contribution in [0.4, 0.5) is 0 Å². The van der Waals surface area contributed by atoms with E-state index in [4.69, 9.17) is 22.1 Å². The van der Waals surface area contributed by atoms with Crippen LogP contribution >= 0.6 is 11.6 Å². The van der Waals surface area contributed by atoms with Gasteiger partial charge in [-0.25, -0.2) is 0 Å². The van der Waals surface area contributed by atoms with Crippen molar-refractivity contribution in [2.75, 3.05) is 13.7 Å². The SMILES string of the molecule is COc1cc(C)c(CCN)cc1Cl. The van der Waals surface area contributed by atoms with Crippen molar-refractivity contribution in [1.29, 1.82) is 0 Å². The Kier molecular flexibility index (Phi) is 3.58. The minimum Gasteiger partial charge on any atom is -0.495 e. The van der Waals surface area contributed by atoms with Crippen molar-refractivity contribution in [2.24, 2.45) is 5.73 Å². The van der Waals surface area contributed by atoms with Crippen LogP contribution in [0, 0.1) is 6.92 Å². The molecular weight excluding hydrogens is 186 g/mol. The van der Waals surface area contributed by atoms with Gasteiger partial charge in [0.1, 0.15) is 5.75 Å². The summed E-state index contributed by atoms with van der Waals surface area (Å²) >= 11 is 5.97. The molecular formula is C10H14ClNO. The molecule has 0 amide bonds. The van der Waals surface area contributed by atoms with E-state index in [0.717, 1.165) is 12.2 Å². The van der Waals surface area contributed by atoms with Crippen molar-refractivity contribution in [3.05, 3.63) is 28.3 Å². The second-order valence-electron chi connectivity index (χ2n) is 2.95. The molecule has 1 aromatic rings. The molecule has 1 aromatic carbocycles. The zero-order valence-corrected chi connectivity index (χ0v) is 8.69. The van der Waals surface area contributed by atoms with Crippen LogP contribution in [0.15, 0.2) is 12.1 Å². The fourth-order valence-electron chi connectivity index (χ4n) is 1.28. The maximum atomic E-state index is 5.97. The molecule has 1 rings (SSSR count). The summed E-state index contributed by atoms with van der Waals surface area (Å²) in [6.45, 7) is 2.67. The van der Waals surface area contributed by atoms with Crippen LogP contribution in [0.1, 0.15) is 11.1 Å². The topological polar surface area (TPSA) is 35.2 Å². The Morgan fingerprint density at radius 3 is 2.69 bits per heavy atom. The Hall–Kier alpha value is -0.730. The molecule has 2 nitrogen and oxygen atoms in total. The fraction of sp³-hybridized carbons (Fsp3) is 0.400. The molecule has 0 saturated heterocycles. The van der Waals surface area contributed by atoms with E-state index in [2.05, 4.69) is 0 Å². The van der Waals surface area contributed by atoms with Crippen LogP contribution in [0.3, 0.4) is 0 Å². The lowest BCUT2D eigenvalue weighted by atomic mass is 10.1. The summed E-state index contributed by atoms with van der Waals surface area (Å²) in [5.74, 6) is 0.722. The molecule has 0 radical (unpaired) electrons. The normalized spacial score (nSPS) is 10.2. The molecule has 0 saturated carbocycles. The van der Waals surface area contributed by atoms with E-state index in [0.29, 0.717) is 11.6 Å². The van der Waals surface area contributed by atoms with Crippen molar-refractivity contribution < 1.29 is 4.74 Å². The van der Waals surface area contributed by atoms with E-state index in [-0.39, 0.29) is 0 Å². The Bertz CT molecular complexity index is 299. The van der Waals surface area contributed by atoms with Gasteiger partial charge in [-0.2, -0.15) is 0 Å². The number of halogens is 1. The van der Waals surface area contributed by atoms with Gasteiger partial charge in [-0.1, -0.05) is 11.6 Å². The number of hydrogen-bond acceptors (Lipinski definition) is 2.